The first-order valence-electron chi connectivity index (χ1n) is 6.59. The van der Waals surface area contributed by atoms with Crippen LogP contribution in [0.4, 0.5) is 0 Å². The van der Waals surface area contributed by atoms with Crippen molar-refractivity contribution in [2.75, 3.05) is 0 Å². The Hall–Kier alpha value is -2.94. The molecule has 102 valence electrons. The molecule has 0 aliphatic heterocycles. The zero-order valence-corrected chi connectivity index (χ0v) is 11.3. The van der Waals surface area contributed by atoms with E-state index in [1.54, 1.807) is 24.5 Å². The van der Waals surface area contributed by atoms with Gasteiger partial charge in [-0.05, 0) is 41.5 Å². The summed E-state index contributed by atoms with van der Waals surface area (Å²) in [4.78, 5) is 14.7. The Morgan fingerprint density at radius 2 is 1.71 bits per heavy atom. The van der Waals surface area contributed by atoms with Gasteiger partial charge in [-0.15, -0.1) is 0 Å². The van der Waals surface area contributed by atoms with E-state index in [1.165, 1.54) is 0 Å². The molecule has 2 aromatic heterocycles. The van der Waals surface area contributed by atoms with Gasteiger partial charge in [0.1, 0.15) is 5.76 Å². The Kier molecular flexibility index (Phi) is 3.74. The lowest BCUT2D eigenvalue weighted by molar-refractivity contribution is 0.110. The molecule has 0 saturated heterocycles. The van der Waals surface area contributed by atoms with Gasteiger partial charge in [0.15, 0.2) is 12.0 Å². The second-order valence-corrected chi connectivity index (χ2v) is 4.56. The molecule has 3 rings (SSSR count). The largest absolute Gasteiger partial charge is 0.453 e. The number of carbonyl (C=O) groups is 1. The minimum absolute atomic E-state index is 0.336. The summed E-state index contributed by atoms with van der Waals surface area (Å²) in [5.74, 6) is 1.03. The van der Waals surface area contributed by atoms with Crippen LogP contribution in [0, 0.1) is 0 Å². The van der Waals surface area contributed by atoms with E-state index in [2.05, 4.69) is 4.98 Å². The molecule has 1 aromatic carbocycles. The second-order valence-electron chi connectivity index (χ2n) is 4.56. The van der Waals surface area contributed by atoms with Gasteiger partial charge in [-0.3, -0.25) is 9.78 Å². The monoisotopic (exact) mass is 275 g/mol. The second kappa shape index (κ2) is 6.01. The average molecular weight is 275 g/mol. The van der Waals surface area contributed by atoms with E-state index in [-0.39, 0.29) is 0 Å². The van der Waals surface area contributed by atoms with Crippen molar-refractivity contribution in [1.29, 1.82) is 0 Å². The Morgan fingerprint density at radius 1 is 0.905 bits per heavy atom. The Balaban J connectivity index is 1.86. The van der Waals surface area contributed by atoms with E-state index >= 15 is 0 Å². The predicted molar refractivity (Wildman–Crippen MR) is 82.7 cm³/mol. The van der Waals surface area contributed by atoms with Crippen molar-refractivity contribution in [1.82, 2.24) is 4.98 Å². The lowest BCUT2D eigenvalue weighted by atomic mass is 10.1. The Labute approximate surface area is 122 Å². The van der Waals surface area contributed by atoms with E-state index in [9.17, 15) is 4.79 Å². The van der Waals surface area contributed by atoms with Crippen LogP contribution in [0.1, 0.15) is 21.7 Å². The highest BCUT2D eigenvalue weighted by molar-refractivity contribution is 5.75. The molecule has 0 bridgehead atoms. The van der Waals surface area contributed by atoms with Crippen molar-refractivity contribution in [3.8, 4) is 11.3 Å². The molecule has 3 nitrogen and oxygen atoms in total. The zero-order valence-electron chi connectivity index (χ0n) is 11.3. The number of rotatable bonds is 4. The van der Waals surface area contributed by atoms with E-state index in [0.717, 1.165) is 16.7 Å². The number of aldehydes is 1. The molecule has 3 aromatic rings. The fourth-order valence-electron chi connectivity index (χ4n) is 2.03. The highest BCUT2D eigenvalue weighted by Crippen LogP contribution is 2.23. The van der Waals surface area contributed by atoms with Crippen LogP contribution in [0.25, 0.3) is 23.5 Å². The van der Waals surface area contributed by atoms with Gasteiger partial charge in [0.25, 0.3) is 0 Å². The number of pyridine rings is 1. The van der Waals surface area contributed by atoms with Crippen molar-refractivity contribution in [2.45, 2.75) is 0 Å². The molecule has 0 spiro atoms. The third kappa shape index (κ3) is 3.15. The molecular formula is C18H13NO2. The topological polar surface area (TPSA) is 43.1 Å². The van der Waals surface area contributed by atoms with Crippen LogP contribution in [0.3, 0.4) is 0 Å². The Bertz CT molecular complexity index is 773. The number of nitrogens with zero attached hydrogens (tertiary/aromatic N) is 1. The minimum atomic E-state index is 0.336. The van der Waals surface area contributed by atoms with Gasteiger partial charge in [-0.2, -0.15) is 0 Å². The van der Waals surface area contributed by atoms with Crippen LogP contribution < -0.4 is 0 Å². The van der Waals surface area contributed by atoms with E-state index in [4.69, 9.17) is 4.42 Å². The minimum Gasteiger partial charge on any atom is -0.453 e. The summed E-state index contributed by atoms with van der Waals surface area (Å²) in [5, 5.41) is 0. The predicted octanol–water partition coefficient (Wildman–Crippen LogP) is 4.32. The molecule has 0 fully saturated rings. The summed E-state index contributed by atoms with van der Waals surface area (Å²) in [6.07, 6.45) is 8.29. The van der Waals surface area contributed by atoms with Crippen LogP contribution in [0.5, 0.6) is 0 Å². The molecule has 21 heavy (non-hydrogen) atoms. The quantitative estimate of drug-likeness (QED) is 0.666. The summed E-state index contributed by atoms with van der Waals surface area (Å²) < 4.78 is 5.44. The fourth-order valence-corrected chi connectivity index (χ4v) is 2.03. The van der Waals surface area contributed by atoms with Gasteiger partial charge in [0.05, 0.1) is 0 Å². The average Bonchev–Trinajstić information content (AvgIpc) is 3.03. The van der Waals surface area contributed by atoms with Crippen molar-refractivity contribution in [3.05, 3.63) is 77.8 Å². The van der Waals surface area contributed by atoms with Gasteiger partial charge in [-0.1, -0.05) is 30.4 Å². The first kappa shape index (κ1) is 13.1. The van der Waals surface area contributed by atoms with Crippen LogP contribution in [-0.4, -0.2) is 11.3 Å². The van der Waals surface area contributed by atoms with E-state index in [1.807, 2.05) is 48.6 Å². The molecule has 2 heterocycles. The maximum absolute atomic E-state index is 10.7. The van der Waals surface area contributed by atoms with Gasteiger partial charge < -0.3 is 4.42 Å². The molecule has 0 radical (unpaired) electrons. The Morgan fingerprint density at radius 3 is 2.48 bits per heavy atom. The zero-order chi connectivity index (χ0) is 14.5. The molecule has 0 saturated carbocycles. The molecule has 0 N–H and O–H groups in total. The van der Waals surface area contributed by atoms with Crippen molar-refractivity contribution >= 4 is 18.4 Å². The molecule has 0 atom stereocenters. The smallest absolute Gasteiger partial charge is 0.185 e. The molecule has 0 unspecified atom stereocenters. The van der Waals surface area contributed by atoms with Crippen molar-refractivity contribution < 1.29 is 9.21 Å². The SMILES string of the molecule is O=Cc1ccc(-c2cccc(C=Cc3ccncc3)c2)o1. The lowest BCUT2D eigenvalue weighted by Crippen LogP contribution is -1.78. The number of carbonyl (C=O) groups excluding carboxylic acids is 1. The third-order valence-corrected chi connectivity index (χ3v) is 3.09. The highest BCUT2D eigenvalue weighted by atomic mass is 16.3. The van der Waals surface area contributed by atoms with Gasteiger partial charge >= 0.3 is 0 Å². The van der Waals surface area contributed by atoms with E-state index in [0.29, 0.717) is 17.8 Å². The first-order chi connectivity index (χ1) is 10.3. The maximum atomic E-state index is 10.7. The first-order valence-corrected chi connectivity index (χ1v) is 6.59. The molecule has 0 amide bonds. The number of aromatic nitrogens is 1. The van der Waals surface area contributed by atoms with Crippen LogP contribution in [0.15, 0.2) is 65.3 Å². The van der Waals surface area contributed by atoms with Crippen LogP contribution in [-0.2, 0) is 0 Å². The van der Waals surface area contributed by atoms with Crippen LogP contribution >= 0.6 is 0 Å². The lowest BCUT2D eigenvalue weighted by Gasteiger charge is -1.99. The standard InChI is InChI=1S/C18H13NO2/c20-13-17-6-7-18(21-17)16-3-1-2-15(12-16)5-4-14-8-10-19-11-9-14/h1-13H. The van der Waals surface area contributed by atoms with Gasteiger partial charge in [0, 0.05) is 18.0 Å². The summed E-state index contributed by atoms with van der Waals surface area (Å²) in [5.41, 5.74) is 3.10. The maximum Gasteiger partial charge on any atom is 0.185 e. The molecule has 0 aliphatic carbocycles. The van der Waals surface area contributed by atoms with E-state index < -0.39 is 0 Å². The number of furan rings is 1. The number of hydrogen-bond donors (Lipinski definition) is 0. The van der Waals surface area contributed by atoms with Gasteiger partial charge in [0.2, 0.25) is 0 Å². The highest BCUT2D eigenvalue weighted by Gasteiger charge is 2.04. The molecule has 0 aliphatic rings. The number of benzene rings is 1. The fraction of sp³-hybridized carbons (Fsp3) is 0. The summed E-state index contributed by atoms with van der Waals surface area (Å²) in [6, 6.07) is 15.3. The van der Waals surface area contributed by atoms with Gasteiger partial charge in [-0.25, -0.2) is 0 Å². The summed E-state index contributed by atoms with van der Waals surface area (Å²) >= 11 is 0. The summed E-state index contributed by atoms with van der Waals surface area (Å²) in [6.45, 7) is 0. The third-order valence-electron chi connectivity index (χ3n) is 3.09. The molecular weight excluding hydrogens is 262 g/mol. The van der Waals surface area contributed by atoms with Crippen molar-refractivity contribution in [2.24, 2.45) is 0 Å². The van der Waals surface area contributed by atoms with Crippen LogP contribution in [0.2, 0.25) is 0 Å². The van der Waals surface area contributed by atoms with Crippen molar-refractivity contribution in [3.63, 3.8) is 0 Å². The summed E-state index contributed by atoms with van der Waals surface area (Å²) in [7, 11) is 0. The normalized spacial score (nSPS) is 10.9. The molecule has 3 heteroatoms. The number of hydrogen-bond acceptors (Lipinski definition) is 3.